The summed E-state index contributed by atoms with van der Waals surface area (Å²) in [4.78, 5) is 30.3. The van der Waals surface area contributed by atoms with Gasteiger partial charge in [-0.1, -0.05) is 12.1 Å². The van der Waals surface area contributed by atoms with Gasteiger partial charge in [-0.25, -0.2) is 14.5 Å². The van der Waals surface area contributed by atoms with Crippen LogP contribution < -0.4 is 5.32 Å². The van der Waals surface area contributed by atoms with Gasteiger partial charge in [0.25, 0.3) is 5.91 Å². The molecule has 1 atom stereocenters. The molecule has 0 aromatic carbocycles. The van der Waals surface area contributed by atoms with Crippen LogP contribution >= 0.6 is 11.3 Å². The number of thiazole rings is 1. The maximum Gasteiger partial charge on any atom is 0.325 e. The van der Waals surface area contributed by atoms with Gasteiger partial charge in [0.15, 0.2) is 0 Å². The number of imide groups is 1. The number of methoxy groups -OCH3 is 1. The van der Waals surface area contributed by atoms with E-state index in [0.717, 1.165) is 17.1 Å². The molecule has 1 aliphatic heterocycles. The molecule has 0 aliphatic carbocycles. The summed E-state index contributed by atoms with van der Waals surface area (Å²) < 4.78 is 6.64. The zero-order valence-corrected chi connectivity index (χ0v) is 15.0. The van der Waals surface area contributed by atoms with Crippen LogP contribution in [-0.2, 0) is 35.5 Å². The van der Waals surface area contributed by atoms with Crippen LogP contribution in [0.1, 0.15) is 23.3 Å². The van der Waals surface area contributed by atoms with E-state index in [1.165, 1.54) is 16.2 Å². The van der Waals surface area contributed by atoms with Gasteiger partial charge >= 0.3 is 6.03 Å². The van der Waals surface area contributed by atoms with Crippen molar-refractivity contribution in [1.29, 1.82) is 0 Å². The van der Waals surface area contributed by atoms with Crippen molar-refractivity contribution in [2.75, 3.05) is 13.7 Å². The minimum atomic E-state index is -0.621. The molecule has 0 radical (unpaired) electrons. The van der Waals surface area contributed by atoms with Crippen molar-refractivity contribution in [3.63, 3.8) is 0 Å². The van der Waals surface area contributed by atoms with Gasteiger partial charge in [0.05, 0.1) is 36.1 Å². The molecular weight excluding hydrogens is 344 g/mol. The van der Waals surface area contributed by atoms with Crippen LogP contribution in [0, 0.1) is 0 Å². The van der Waals surface area contributed by atoms with E-state index < -0.39 is 12.1 Å². The first-order valence-electron chi connectivity index (χ1n) is 8.03. The summed E-state index contributed by atoms with van der Waals surface area (Å²) in [6.45, 7) is 3.33. The van der Waals surface area contributed by atoms with Gasteiger partial charge in [-0.15, -0.1) is 16.4 Å². The van der Waals surface area contributed by atoms with Crippen LogP contribution in [0.3, 0.4) is 0 Å². The second-order valence-corrected chi connectivity index (χ2v) is 6.63. The predicted octanol–water partition coefficient (Wildman–Crippen LogP) is 0.606. The molecule has 3 rings (SSSR count). The third-order valence-electron chi connectivity index (χ3n) is 3.85. The predicted molar refractivity (Wildman–Crippen MR) is 90.0 cm³/mol. The van der Waals surface area contributed by atoms with Crippen molar-refractivity contribution in [2.45, 2.75) is 38.9 Å². The van der Waals surface area contributed by atoms with E-state index in [9.17, 15) is 9.59 Å². The highest BCUT2D eigenvalue weighted by Crippen LogP contribution is 2.17. The lowest BCUT2D eigenvalue weighted by molar-refractivity contribution is -0.127. The summed E-state index contributed by atoms with van der Waals surface area (Å²) in [5.41, 5.74) is 1.38. The summed E-state index contributed by atoms with van der Waals surface area (Å²) in [6, 6.07) is -1.02. The van der Waals surface area contributed by atoms with E-state index in [4.69, 9.17) is 4.74 Å². The Morgan fingerprint density at radius 2 is 2.20 bits per heavy atom. The van der Waals surface area contributed by atoms with Gasteiger partial charge in [0.1, 0.15) is 6.04 Å². The zero-order chi connectivity index (χ0) is 17.8. The Balaban J connectivity index is 1.61. The third-order valence-corrected chi connectivity index (χ3v) is 4.89. The van der Waals surface area contributed by atoms with Crippen LogP contribution in [-0.4, -0.2) is 56.6 Å². The molecule has 1 N–H and O–H groups in total. The van der Waals surface area contributed by atoms with Crippen molar-refractivity contribution < 1.29 is 14.3 Å². The molecule has 3 amide bonds. The lowest BCUT2D eigenvalue weighted by Crippen LogP contribution is -2.32. The summed E-state index contributed by atoms with van der Waals surface area (Å²) in [5, 5.41) is 13.6. The Bertz CT molecular complexity index is 758. The van der Waals surface area contributed by atoms with E-state index >= 15 is 0 Å². The van der Waals surface area contributed by atoms with Crippen molar-refractivity contribution in [1.82, 2.24) is 30.2 Å². The average molecular weight is 364 g/mol. The Kier molecular flexibility index (Phi) is 5.39. The fourth-order valence-corrected chi connectivity index (χ4v) is 3.28. The minimum Gasteiger partial charge on any atom is -0.383 e. The summed E-state index contributed by atoms with van der Waals surface area (Å²) in [6.07, 6.45) is 2.91. The van der Waals surface area contributed by atoms with Gasteiger partial charge in [0.2, 0.25) is 0 Å². The summed E-state index contributed by atoms with van der Waals surface area (Å²) in [5.74, 6) is -0.262. The van der Waals surface area contributed by atoms with Gasteiger partial charge in [0, 0.05) is 25.1 Å². The number of urea groups is 1. The quantitative estimate of drug-likeness (QED) is 0.689. The number of amides is 3. The molecule has 2 aromatic heterocycles. The molecular formula is C15H20N6O3S. The van der Waals surface area contributed by atoms with E-state index in [1.807, 2.05) is 12.3 Å². The zero-order valence-electron chi connectivity index (χ0n) is 14.1. The molecule has 10 heteroatoms. The molecule has 3 heterocycles. The Hall–Kier alpha value is -2.33. The fraction of sp³-hybridized carbons (Fsp3) is 0.533. The molecule has 1 fully saturated rings. The topological polar surface area (TPSA) is 102 Å². The molecule has 25 heavy (non-hydrogen) atoms. The molecule has 0 spiro atoms. The maximum absolute atomic E-state index is 12.5. The van der Waals surface area contributed by atoms with E-state index in [1.54, 1.807) is 18.0 Å². The molecule has 1 saturated heterocycles. The van der Waals surface area contributed by atoms with Crippen LogP contribution in [0.15, 0.2) is 11.6 Å². The number of carbonyl (C=O) groups is 2. The molecule has 1 aliphatic rings. The number of hydrogen-bond donors (Lipinski definition) is 1. The number of aromatic nitrogens is 4. The van der Waals surface area contributed by atoms with Gasteiger partial charge in [-0.3, -0.25) is 9.69 Å². The van der Waals surface area contributed by atoms with Crippen LogP contribution in [0.25, 0.3) is 0 Å². The van der Waals surface area contributed by atoms with Crippen molar-refractivity contribution in [2.24, 2.45) is 0 Å². The van der Waals surface area contributed by atoms with Gasteiger partial charge in [-0.05, 0) is 6.42 Å². The molecule has 0 bridgehead atoms. The maximum atomic E-state index is 12.5. The van der Waals surface area contributed by atoms with E-state index in [-0.39, 0.29) is 12.5 Å². The van der Waals surface area contributed by atoms with Crippen LogP contribution in [0.5, 0.6) is 0 Å². The van der Waals surface area contributed by atoms with Crippen molar-refractivity contribution >= 4 is 23.3 Å². The highest BCUT2D eigenvalue weighted by Gasteiger charge is 2.38. The average Bonchev–Trinajstić information content (AvgIpc) is 3.30. The fourth-order valence-electron chi connectivity index (χ4n) is 2.55. The number of nitrogens with one attached hydrogen (secondary N) is 1. The highest BCUT2D eigenvalue weighted by atomic mass is 32.1. The molecule has 134 valence electrons. The van der Waals surface area contributed by atoms with E-state index in [0.29, 0.717) is 25.3 Å². The standard InChI is InChI=1S/C15H20N6O3S/c1-3-13-16-11(9-25-13)8-21-14(22)12(17-15(21)23)6-10-7-20(19-18-10)4-5-24-2/h7,9,12H,3-6,8H2,1-2H3,(H,17,23)/t12-/m0/s1. The smallest absolute Gasteiger partial charge is 0.325 e. The molecule has 9 nitrogen and oxygen atoms in total. The largest absolute Gasteiger partial charge is 0.383 e. The molecule has 2 aromatic rings. The first-order chi connectivity index (χ1) is 12.1. The minimum absolute atomic E-state index is 0.193. The van der Waals surface area contributed by atoms with Gasteiger partial charge in [-0.2, -0.15) is 0 Å². The number of ether oxygens (including phenoxy) is 1. The summed E-state index contributed by atoms with van der Waals surface area (Å²) >= 11 is 1.54. The lowest BCUT2D eigenvalue weighted by Gasteiger charge is -2.10. The second-order valence-electron chi connectivity index (χ2n) is 5.68. The Morgan fingerprint density at radius 1 is 1.36 bits per heavy atom. The summed E-state index contributed by atoms with van der Waals surface area (Å²) in [7, 11) is 1.62. The van der Waals surface area contributed by atoms with Crippen molar-refractivity contribution in [3.8, 4) is 0 Å². The second kappa shape index (κ2) is 7.70. The SMILES string of the molecule is CCc1nc(CN2C(=O)N[C@@H](Cc3cn(CCOC)nn3)C2=O)cs1. The molecule has 0 saturated carbocycles. The monoisotopic (exact) mass is 364 g/mol. The lowest BCUT2D eigenvalue weighted by atomic mass is 10.1. The van der Waals surface area contributed by atoms with E-state index in [2.05, 4.69) is 20.6 Å². The first kappa shape index (κ1) is 17.5. The Labute approximate surface area is 149 Å². The van der Waals surface area contributed by atoms with Crippen molar-refractivity contribution in [3.05, 3.63) is 28.0 Å². The van der Waals surface area contributed by atoms with Crippen LogP contribution in [0.4, 0.5) is 4.79 Å². The Morgan fingerprint density at radius 3 is 2.92 bits per heavy atom. The third kappa shape index (κ3) is 4.02. The first-order valence-corrected chi connectivity index (χ1v) is 8.91. The number of hydrogen-bond acceptors (Lipinski definition) is 7. The van der Waals surface area contributed by atoms with Crippen LogP contribution in [0.2, 0.25) is 0 Å². The number of carbonyl (C=O) groups excluding carboxylic acids is 2. The molecule has 0 unspecified atom stereocenters. The number of aryl methyl sites for hydroxylation is 1. The highest BCUT2D eigenvalue weighted by molar-refractivity contribution is 7.09. The van der Waals surface area contributed by atoms with Gasteiger partial charge < -0.3 is 10.1 Å². The number of nitrogens with zero attached hydrogens (tertiary/aromatic N) is 5. The normalized spacial score (nSPS) is 17.4. The number of rotatable bonds is 8.